The van der Waals surface area contributed by atoms with Crippen molar-refractivity contribution < 1.29 is 9.90 Å². The van der Waals surface area contributed by atoms with E-state index in [0.717, 1.165) is 30.8 Å². The molecule has 2 aliphatic rings. The lowest BCUT2D eigenvalue weighted by molar-refractivity contribution is -0.122. The Bertz CT molecular complexity index is 483. The molecule has 1 heterocycles. The molecule has 20 heavy (non-hydrogen) atoms. The molecular weight excluding hydrogens is 252 g/mol. The number of aliphatic hydroxyl groups is 1. The van der Waals surface area contributed by atoms with Crippen LogP contribution in [0.15, 0.2) is 24.3 Å². The Balaban J connectivity index is 1.55. The van der Waals surface area contributed by atoms with E-state index in [-0.39, 0.29) is 11.9 Å². The SMILES string of the molecule is O=C(CCN1CCCC1)N[C@H]1c2ccccc2C[C@H]1O. The van der Waals surface area contributed by atoms with Gasteiger partial charge in [-0.25, -0.2) is 0 Å². The van der Waals surface area contributed by atoms with E-state index in [4.69, 9.17) is 0 Å². The predicted molar refractivity (Wildman–Crippen MR) is 77.3 cm³/mol. The second kappa shape index (κ2) is 5.94. The average molecular weight is 274 g/mol. The summed E-state index contributed by atoms with van der Waals surface area (Å²) in [5.41, 5.74) is 2.21. The summed E-state index contributed by atoms with van der Waals surface area (Å²) in [7, 11) is 0. The van der Waals surface area contributed by atoms with Crippen LogP contribution in [0.5, 0.6) is 0 Å². The van der Waals surface area contributed by atoms with Crippen molar-refractivity contribution in [1.29, 1.82) is 0 Å². The molecule has 1 aromatic carbocycles. The van der Waals surface area contributed by atoms with Crippen LogP contribution in [0.25, 0.3) is 0 Å². The molecule has 1 saturated heterocycles. The topological polar surface area (TPSA) is 52.6 Å². The van der Waals surface area contributed by atoms with E-state index in [1.54, 1.807) is 0 Å². The van der Waals surface area contributed by atoms with Crippen LogP contribution >= 0.6 is 0 Å². The lowest BCUT2D eigenvalue weighted by Gasteiger charge is -2.19. The molecular formula is C16H22N2O2. The highest BCUT2D eigenvalue weighted by molar-refractivity contribution is 5.77. The van der Waals surface area contributed by atoms with E-state index in [2.05, 4.69) is 10.2 Å². The molecule has 0 saturated carbocycles. The van der Waals surface area contributed by atoms with E-state index < -0.39 is 6.10 Å². The van der Waals surface area contributed by atoms with Crippen molar-refractivity contribution in [3.8, 4) is 0 Å². The number of rotatable bonds is 4. The van der Waals surface area contributed by atoms with E-state index in [9.17, 15) is 9.90 Å². The number of hydrogen-bond acceptors (Lipinski definition) is 3. The van der Waals surface area contributed by atoms with E-state index >= 15 is 0 Å². The van der Waals surface area contributed by atoms with Gasteiger partial charge in [0.15, 0.2) is 0 Å². The summed E-state index contributed by atoms with van der Waals surface area (Å²) >= 11 is 0. The Kier molecular flexibility index (Phi) is 4.03. The number of carbonyl (C=O) groups excluding carboxylic acids is 1. The highest BCUT2D eigenvalue weighted by Crippen LogP contribution is 2.31. The van der Waals surface area contributed by atoms with Gasteiger partial charge in [0, 0.05) is 19.4 Å². The summed E-state index contributed by atoms with van der Waals surface area (Å²) in [4.78, 5) is 14.4. The van der Waals surface area contributed by atoms with Crippen LogP contribution in [0.4, 0.5) is 0 Å². The number of fused-ring (bicyclic) bond motifs is 1. The summed E-state index contributed by atoms with van der Waals surface area (Å²) in [5, 5.41) is 13.1. The molecule has 2 atom stereocenters. The van der Waals surface area contributed by atoms with Gasteiger partial charge in [-0.05, 0) is 37.1 Å². The molecule has 0 aromatic heterocycles. The highest BCUT2D eigenvalue weighted by Gasteiger charge is 2.31. The summed E-state index contributed by atoms with van der Waals surface area (Å²) in [5.74, 6) is 0.0395. The third-order valence-electron chi connectivity index (χ3n) is 4.37. The van der Waals surface area contributed by atoms with Crippen molar-refractivity contribution in [2.24, 2.45) is 0 Å². The van der Waals surface area contributed by atoms with Gasteiger partial charge in [0.1, 0.15) is 0 Å². The first-order valence-corrected chi connectivity index (χ1v) is 7.51. The minimum Gasteiger partial charge on any atom is -0.390 e. The maximum Gasteiger partial charge on any atom is 0.221 e. The second-order valence-electron chi connectivity index (χ2n) is 5.81. The molecule has 4 nitrogen and oxygen atoms in total. The summed E-state index contributed by atoms with van der Waals surface area (Å²) in [6.07, 6.45) is 3.15. The average Bonchev–Trinajstić information content (AvgIpc) is 3.06. The fourth-order valence-electron chi connectivity index (χ4n) is 3.26. The fraction of sp³-hybridized carbons (Fsp3) is 0.562. The summed E-state index contributed by atoms with van der Waals surface area (Å²) in [6, 6.07) is 7.72. The Morgan fingerprint density at radius 2 is 2.05 bits per heavy atom. The third kappa shape index (κ3) is 2.86. The Morgan fingerprint density at radius 3 is 2.85 bits per heavy atom. The normalized spacial score (nSPS) is 25.6. The number of amides is 1. The van der Waals surface area contributed by atoms with Crippen LogP contribution < -0.4 is 5.32 Å². The zero-order valence-corrected chi connectivity index (χ0v) is 11.7. The maximum atomic E-state index is 12.1. The molecule has 1 amide bonds. The number of likely N-dealkylation sites (tertiary alicyclic amines) is 1. The molecule has 1 aliphatic carbocycles. The van der Waals surface area contributed by atoms with Crippen molar-refractivity contribution in [3.05, 3.63) is 35.4 Å². The van der Waals surface area contributed by atoms with Gasteiger partial charge in [0.05, 0.1) is 12.1 Å². The van der Waals surface area contributed by atoms with Crippen LogP contribution in [0.1, 0.15) is 36.4 Å². The Hall–Kier alpha value is -1.39. The van der Waals surface area contributed by atoms with Gasteiger partial charge < -0.3 is 15.3 Å². The lowest BCUT2D eigenvalue weighted by atomic mass is 10.1. The number of benzene rings is 1. The highest BCUT2D eigenvalue weighted by atomic mass is 16.3. The van der Waals surface area contributed by atoms with Crippen molar-refractivity contribution >= 4 is 5.91 Å². The molecule has 1 fully saturated rings. The number of nitrogens with zero attached hydrogens (tertiary/aromatic N) is 1. The van der Waals surface area contributed by atoms with Crippen molar-refractivity contribution in [2.45, 2.75) is 37.8 Å². The quantitative estimate of drug-likeness (QED) is 0.869. The van der Waals surface area contributed by atoms with Crippen LogP contribution in [-0.2, 0) is 11.2 Å². The molecule has 4 heteroatoms. The third-order valence-corrected chi connectivity index (χ3v) is 4.37. The zero-order chi connectivity index (χ0) is 13.9. The fourth-order valence-corrected chi connectivity index (χ4v) is 3.26. The van der Waals surface area contributed by atoms with E-state index in [1.165, 1.54) is 12.8 Å². The lowest BCUT2D eigenvalue weighted by Crippen LogP contribution is -2.35. The minimum atomic E-state index is -0.497. The summed E-state index contributed by atoms with van der Waals surface area (Å²) < 4.78 is 0. The Morgan fingerprint density at radius 1 is 1.30 bits per heavy atom. The molecule has 1 aliphatic heterocycles. The smallest absolute Gasteiger partial charge is 0.221 e. The van der Waals surface area contributed by atoms with Crippen LogP contribution in [0.3, 0.4) is 0 Å². The van der Waals surface area contributed by atoms with Crippen LogP contribution in [-0.4, -0.2) is 41.7 Å². The zero-order valence-electron chi connectivity index (χ0n) is 11.7. The molecule has 2 N–H and O–H groups in total. The molecule has 1 aromatic rings. The van der Waals surface area contributed by atoms with Gasteiger partial charge in [-0.3, -0.25) is 4.79 Å². The maximum absolute atomic E-state index is 12.1. The first kappa shape index (κ1) is 13.6. The van der Waals surface area contributed by atoms with Gasteiger partial charge in [-0.1, -0.05) is 24.3 Å². The predicted octanol–water partition coefficient (Wildman–Crippen LogP) is 1.25. The first-order chi connectivity index (χ1) is 9.74. The van der Waals surface area contributed by atoms with Crippen LogP contribution in [0, 0.1) is 0 Å². The number of hydrogen-bond donors (Lipinski definition) is 2. The van der Waals surface area contributed by atoms with Gasteiger partial charge >= 0.3 is 0 Å². The van der Waals surface area contributed by atoms with Crippen molar-refractivity contribution in [3.63, 3.8) is 0 Å². The van der Waals surface area contributed by atoms with Gasteiger partial charge in [0.2, 0.25) is 5.91 Å². The first-order valence-electron chi connectivity index (χ1n) is 7.51. The van der Waals surface area contributed by atoms with E-state index in [0.29, 0.717) is 12.8 Å². The van der Waals surface area contributed by atoms with Crippen molar-refractivity contribution in [2.75, 3.05) is 19.6 Å². The van der Waals surface area contributed by atoms with Gasteiger partial charge in [-0.2, -0.15) is 0 Å². The number of aliphatic hydroxyl groups excluding tert-OH is 1. The minimum absolute atomic E-state index is 0.0395. The molecule has 0 radical (unpaired) electrons. The molecule has 108 valence electrons. The second-order valence-corrected chi connectivity index (χ2v) is 5.81. The molecule has 0 unspecified atom stereocenters. The van der Waals surface area contributed by atoms with E-state index in [1.807, 2.05) is 24.3 Å². The number of carbonyl (C=O) groups is 1. The Labute approximate surface area is 119 Å². The van der Waals surface area contributed by atoms with Gasteiger partial charge in [0.25, 0.3) is 0 Å². The monoisotopic (exact) mass is 274 g/mol. The molecule has 0 bridgehead atoms. The largest absolute Gasteiger partial charge is 0.390 e. The molecule has 0 spiro atoms. The number of nitrogens with one attached hydrogen (secondary N) is 1. The standard InChI is InChI=1S/C16H22N2O2/c19-14-11-12-5-1-2-6-13(12)16(14)17-15(20)7-10-18-8-3-4-9-18/h1-2,5-6,14,16,19H,3-4,7-11H2,(H,17,20)/t14-,16+/m1/s1. The van der Waals surface area contributed by atoms with Crippen molar-refractivity contribution in [1.82, 2.24) is 10.2 Å². The van der Waals surface area contributed by atoms with Crippen LogP contribution in [0.2, 0.25) is 0 Å². The summed E-state index contributed by atoms with van der Waals surface area (Å²) in [6.45, 7) is 3.06. The molecule has 3 rings (SSSR count). The van der Waals surface area contributed by atoms with Gasteiger partial charge in [-0.15, -0.1) is 0 Å².